The van der Waals surface area contributed by atoms with Crippen LogP contribution < -0.4 is 5.32 Å². The van der Waals surface area contributed by atoms with Gasteiger partial charge in [-0.05, 0) is 55.9 Å². The fourth-order valence-corrected chi connectivity index (χ4v) is 3.18. The second-order valence-corrected chi connectivity index (χ2v) is 6.24. The Morgan fingerprint density at radius 3 is 2.32 bits per heavy atom. The summed E-state index contributed by atoms with van der Waals surface area (Å²) < 4.78 is 24.4. The van der Waals surface area contributed by atoms with Gasteiger partial charge in [-0.1, -0.05) is 25.1 Å². The maximum absolute atomic E-state index is 12.2. The van der Waals surface area contributed by atoms with Crippen molar-refractivity contribution in [2.45, 2.75) is 55.7 Å². The van der Waals surface area contributed by atoms with E-state index >= 15 is 0 Å². The molecule has 0 unspecified atom stereocenters. The number of alkyl halides is 2. The van der Waals surface area contributed by atoms with Crippen LogP contribution in [-0.4, -0.2) is 11.8 Å². The maximum Gasteiger partial charge on any atom is 0.288 e. The fourth-order valence-electron chi connectivity index (χ4n) is 2.68. The molecule has 0 bridgehead atoms. The fraction of sp³-hybridized carbons (Fsp3) is 0.600. The van der Waals surface area contributed by atoms with Crippen molar-refractivity contribution in [2.75, 3.05) is 5.32 Å². The lowest BCUT2D eigenvalue weighted by Crippen LogP contribution is -2.25. The molecule has 1 aliphatic rings. The second kappa shape index (κ2) is 7.13. The van der Waals surface area contributed by atoms with Crippen molar-refractivity contribution in [2.24, 2.45) is 5.92 Å². The normalized spacial score (nSPS) is 23.6. The van der Waals surface area contributed by atoms with Crippen LogP contribution in [-0.2, 0) is 0 Å². The van der Waals surface area contributed by atoms with Gasteiger partial charge in [-0.2, -0.15) is 8.78 Å². The summed E-state index contributed by atoms with van der Waals surface area (Å²) in [5, 5.41) is 3.51. The number of anilines is 1. The first-order chi connectivity index (χ1) is 9.17. The highest BCUT2D eigenvalue weighted by Crippen LogP contribution is 2.30. The van der Waals surface area contributed by atoms with Crippen molar-refractivity contribution in [3.05, 3.63) is 24.3 Å². The van der Waals surface area contributed by atoms with E-state index in [0.29, 0.717) is 22.7 Å². The van der Waals surface area contributed by atoms with Gasteiger partial charge in [0.25, 0.3) is 5.76 Å². The minimum Gasteiger partial charge on any atom is -0.382 e. The molecule has 1 N–H and O–H groups in total. The van der Waals surface area contributed by atoms with Gasteiger partial charge in [-0.25, -0.2) is 0 Å². The lowest BCUT2D eigenvalue weighted by molar-refractivity contribution is 0.252. The molecule has 1 aromatic carbocycles. The summed E-state index contributed by atoms with van der Waals surface area (Å²) in [5.41, 5.74) is 1.04. The molecule has 0 spiro atoms. The summed E-state index contributed by atoms with van der Waals surface area (Å²) in [6.07, 6.45) is 6.31. The molecule has 0 radical (unpaired) electrons. The molecular formula is C15H21F2NS. The molecular weight excluding hydrogens is 264 g/mol. The van der Waals surface area contributed by atoms with Crippen molar-refractivity contribution >= 4 is 17.4 Å². The average molecular weight is 285 g/mol. The Bertz CT molecular complexity index is 372. The highest BCUT2D eigenvalue weighted by molar-refractivity contribution is 7.99. The van der Waals surface area contributed by atoms with E-state index in [1.807, 2.05) is 12.1 Å². The smallest absolute Gasteiger partial charge is 0.288 e. The van der Waals surface area contributed by atoms with E-state index in [4.69, 9.17) is 0 Å². The van der Waals surface area contributed by atoms with E-state index in [1.54, 1.807) is 12.1 Å². The molecule has 2 rings (SSSR count). The van der Waals surface area contributed by atoms with Crippen molar-refractivity contribution < 1.29 is 8.78 Å². The summed E-state index contributed by atoms with van der Waals surface area (Å²) in [5.74, 6) is -1.45. The Kier molecular flexibility index (Phi) is 5.49. The van der Waals surface area contributed by atoms with Crippen LogP contribution in [0.4, 0.5) is 14.5 Å². The van der Waals surface area contributed by atoms with Crippen LogP contribution in [0.25, 0.3) is 0 Å². The Hall–Kier alpha value is -0.770. The van der Waals surface area contributed by atoms with E-state index < -0.39 is 5.76 Å². The van der Waals surface area contributed by atoms with Gasteiger partial charge in [-0.15, -0.1) is 0 Å². The van der Waals surface area contributed by atoms with Gasteiger partial charge in [0, 0.05) is 16.6 Å². The lowest BCUT2D eigenvalue weighted by atomic mass is 9.84. The number of halogens is 2. The number of rotatable bonds is 5. The van der Waals surface area contributed by atoms with Gasteiger partial charge < -0.3 is 5.32 Å². The monoisotopic (exact) mass is 285 g/mol. The Balaban J connectivity index is 1.83. The van der Waals surface area contributed by atoms with Crippen LogP contribution in [0.1, 0.15) is 39.0 Å². The van der Waals surface area contributed by atoms with E-state index in [9.17, 15) is 8.78 Å². The number of thioether (sulfide) groups is 1. The maximum atomic E-state index is 12.2. The third kappa shape index (κ3) is 4.68. The van der Waals surface area contributed by atoms with Crippen LogP contribution >= 0.6 is 11.8 Å². The topological polar surface area (TPSA) is 12.0 Å². The van der Waals surface area contributed by atoms with Crippen molar-refractivity contribution in [3.8, 4) is 0 Å². The molecule has 1 saturated carbocycles. The number of nitrogens with one attached hydrogen (secondary N) is 1. The Morgan fingerprint density at radius 1 is 1.16 bits per heavy atom. The first-order valence-corrected chi connectivity index (χ1v) is 7.86. The quantitative estimate of drug-likeness (QED) is 0.729. The van der Waals surface area contributed by atoms with Gasteiger partial charge >= 0.3 is 0 Å². The van der Waals surface area contributed by atoms with Crippen LogP contribution in [0.5, 0.6) is 0 Å². The minimum atomic E-state index is -2.34. The summed E-state index contributed by atoms with van der Waals surface area (Å²) in [6.45, 7) is 2.26. The number of hydrogen-bond donors (Lipinski definition) is 1. The van der Waals surface area contributed by atoms with Crippen LogP contribution in [0.2, 0.25) is 0 Å². The third-order valence-corrected chi connectivity index (χ3v) is 4.60. The summed E-state index contributed by atoms with van der Waals surface area (Å²) in [4.78, 5) is 0.621. The molecule has 1 nitrogen and oxygen atoms in total. The molecule has 0 aliphatic heterocycles. The zero-order valence-electron chi connectivity index (χ0n) is 11.2. The van der Waals surface area contributed by atoms with Gasteiger partial charge in [-0.3, -0.25) is 0 Å². The van der Waals surface area contributed by atoms with Gasteiger partial charge in [0.05, 0.1) is 0 Å². The third-order valence-electron chi connectivity index (χ3n) is 3.87. The molecule has 106 valence electrons. The van der Waals surface area contributed by atoms with Crippen molar-refractivity contribution in [1.82, 2.24) is 0 Å². The van der Waals surface area contributed by atoms with E-state index in [-0.39, 0.29) is 0 Å². The zero-order valence-corrected chi connectivity index (χ0v) is 12.1. The SMILES string of the molecule is CCC1CCC(Nc2ccc(SC(F)F)cc2)CC1. The molecule has 0 atom stereocenters. The molecule has 1 fully saturated rings. The van der Waals surface area contributed by atoms with Gasteiger partial charge in [0.2, 0.25) is 0 Å². The van der Waals surface area contributed by atoms with Crippen molar-refractivity contribution in [1.29, 1.82) is 0 Å². The van der Waals surface area contributed by atoms with Crippen LogP contribution in [0, 0.1) is 5.92 Å². The van der Waals surface area contributed by atoms with E-state index in [2.05, 4.69) is 12.2 Å². The first kappa shape index (κ1) is 14.6. The summed E-state index contributed by atoms with van der Waals surface area (Å²) >= 11 is 0.595. The van der Waals surface area contributed by atoms with E-state index in [1.165, 1.54) is 32.1 Å². The minimum absolute atomic E-state index is 0.538. The predicted molar refractivity (Wildman–Crippen MR) is 78.0 cm³/mol. The molecule has 0 amide bonds. The highest BCUT2D eigenvalue weighted by Gasteiger charge is 2.19. The molecule has 0 heterocycles. The first-order valence-electron chi connectivity index (χ1n) is 6.98. The Labute approximate surface area is 118 Å². The summed E-state index contributed by atoms with van der Waals surface area (Å²) in [7, 11) is 0. The molecule has 4 heteroatoms. The molecule has 1 aromatic rings. The highest BCUT2D eigenvalue weighted by atomic mass is 32.2. The average Bonchev–Trinajstić information content (AvgIpc) is 2.41. The molecule has 0 saturated heterocycles. The van der Waals surface area contributed by atoms with Crippen LogP contribution in [0.15, 0.2) is 29.2 Å². The summed E-state index contributed by atoms with van der Waals surface area (Å²) in [6, 6.07) is 7.86. The van der Waals surface area contributed by atoms with Crippen LogP contribution in [0.3, 0.4) is 0 Å². The standard InChI is InChI=1S/C15H21F2NS/c1-2-11-3-5-12(6-4-11)18-13-7-9-14(10-8-13)19-15(16)17/h7-12,15,18H,2-6H2,1H3. The molecule has 19 heavy (non-hydrogen) atoms. The lowest BCUT2D eigenvalue weighted by Gasteiger charge is -2.29. The van der Waals surface area contributed by atoms with Gasteiger partial charge in [0.15, 0.2) is 0 Å². The molecule has 1 aliphatic carbocycles. The zero-order chi connectivity index (χ0) is 13.7. The molecule has 0 aromatic heterocycles. The van der Waals surface area contributed by atoms with Crippen molar-refractivity contribution in [3.63, 3.8) is 0 Å². The largest absolute Gasteiger partial charge is 0.382 e. The number of benzene rings is 1. The Morgan fingerprint density at radius 2 is 1.79 bits per heavy atom. The second-order valence-electron chi connectivity index (χ2n) is 5.17. The van der Waals surface area contributed by atoms with Gasteiger partial charge in [0.1, 0.15) is 0 Å². The predicted octanol–water partition coefficient (Wildman–Crippen LogP) is 5.38. The van der Waals surface area contributed by atoms with E-state index in [0.717, 1.165) is 11.6 Å². The number of hydrogen-bond acceptors (Lipinski definition) is 2.